The fourth-order valence-corrected chi connectivity index (χ4v) is 1.18. The van der Waals surface area contributed by atoms with E-state index in [0.29, 0.717) is 13.2 Å². The van der Waals surface area contributed by atoms with Gasteiger partial charge in [-0.1, -0.05) is 36.4 Å². The van der Waals surface area contributed by atoms with Crippen LogP contribution in [0.1, 0.15) is 12.0 Å². The van der Waals surface area contributed by atoms with Crippen molar-refractivity contribution in [3.8, 4) is 0 Å². The summed E-state index contributed by atoms with van der Waals surface area (Å²) in [5.41, 5.74) is 6.93. The lowest BCUT2D eigenvalue weighted by molar-refractivity contribution is 0.108. The van der Waals surface area contributed by atoms with E-state index in [0.717, 1.165) is 6.42 Å². The Bertz CT molecular complexity index is 258. The third kappa shape index (κ3) is 4.21. The summed E-state index contributed by atoms with van der Waals surface area (Å²) in [6, 6.07) is 10.1. The highest BCUT2D eigenvalue weighted by Crippen LogP contribution is 2.01. The minimum absolute atomic E-state index is 0.0659. The molecular weight excluding hydrogens is 174 g/mol. The molecular formula is C12H17NO. The largest absolute Gasteiger partial charge is 0.375 e. The first-order chi connectivity index (χ1) is 6.83. The third-order valence-corrected chi connectivity index (χ3v) is 1.91. The molecule has 0 aliphatic carbocycles. The average Bonchev–Trinajstić information content (AvgIpc) is 2.20. The number of nitrogens with two attached hydrogens (primary N) is 1. The molecule has 1 aromatic rings. The topological polar surface area (TPSA) is 35.2 Å². The van der Waals surface area contributed by atoms with E-state index in [4.69, 9.17) is 10.5 Å². The number of rotatable bonds is 6. The van der Waals surface area contributed by atoms with Crippen molar-refractivity contribution in [1.29, 1.82) is 0 Å². The molecule has 2 nitrogen and oxygen atoms in total. The van der Waals surface area contributed by atoms with Crippen LogP contribution in [0.5, 0.6) is 0 Å². The maximum absolute atomic E-state index is 5.75. The van der Waals surface area contributed by atoms with Gasteiger partial charge in [0.2, 0.25) is 0 Å². The zero-order chi connectivity index (χ0) is 10.2. The molecule has 2 N–H and O–H groups in total. The van der Waals surface area contributed by atoms with Crippen LogP contribution in [0.4, 0.5) is 0 Å². The monoisotopic (exact) mass is 191 g/mol. The Morgan fingerprint density at radius 3 is 2.71 bits per heavy atom. The quantitative estimate of drug-likeness (QED) is 0.699. The summed E-state index contributed by atoms with van der Waals surface area (Å²) in [5.74, 6) is 0. The van der Waals surface area contributed by atoms with Crippen LogP contribution in [-0.2, 0) is 11.3 Å². The Morgan fingerprint density at radius 2 is 2.07 bits per heavy atom. The first kappa shape index (κ1) is 11.0. The van der Waals surface area contributed by atoms with Gasteiger partial charge in [0.15, 0.2) is 0 Å². The first-order valence-corrected chi connectivity index (χ1v) is 4.81. The van der Waals surface area contributed by atoms with Gasteiger partial charge in [0, 0.05) is 6.04 Å². The maximum atomic E-state index is 5.75. The molecule has 1 atom stereocenters. The van der Waals surface area contributed by atoms with E-state index < -0.39 is 0 Å². The minimum Gasteiger partial charge on any atom is -0.375 e. The van der Waals surface area contributed by atoms with Crippen molar-refractivity contribution in [2.24, 2.45) is 5.73 Å². The predicted molar refractivity (Wildman–Crippen MR) is 58.9 cm³/mol. The van der Waals surface area contributed by atoms with Gasteiger partial charge in [0.1, 0.15) is 0 Å². The van der Waals surface area contributed by atoms with Gasteiger partial charge < -0.3 is 10.5 Å². The Balaban J connectivity index is 2.18. The van der Waals surface area contributed by atoms with Gasteiger partial charge >= 0.3 is 0 Å². The van der Waals surface area contributed by atoms with Crippen LogP contribution < -0.4 is 5.73 Å². The van der Waals surface area contributed by atoms with Gasteiger partial charge in [-0.3, -0.25) is 0 Å². The van der Waals surface area contributed by atoms with E-state index in [1.54, 1.807) is 0 Å². The minimum atomic E-state index is 0.0659. The molecule has 0 amide bonds. The fraction of sp³-hybridized carbons (Fsp3) is 0.333. The van der Waals surface area contributed by atoms with E-state index in [1.165, 1.54) is 5.56 Å². The van der Waals surface area contributed by atoms with Crippen LogP contribution in [0.3, 0.4) is 0 Å². The Kier molecular flexibility index (Phi) is 4.97. The molecule has 1 rings (SSSR count). The summed E-state index contributed by atoms with van der Waals surface area (Å²) in [4.78, 5) is 0. The Hall–Kier alpha value is -1.12. The van der Waals surface area contributed by atoms with Gasteiger partial charge in [-0.15, -0.1) is 6.58 Å². The van der Waals surface area contributed by atoms with E-state index in [1.807, 2.05) is 36.4 Å². The molecule has 0 fully saturated rings. The molecule has 0 aliphatic rings. The van der Waals surface area contributed by atoms with Crippen LogP contribution in [0, 0.1) is 0 Å². The second-order valence-electron chi connectivity index (χ2n) is 3.29. The number of hydrogen-bond donors (Lipinski definition) is 1. The van der Waals surface area contributed by atoms with Crippen LogP contribution >= 0.6 is 0 Å². The van der Waals surface area contributed by atoms with Gasteiger partial charge in [0.05, 0.1) is 13.2 Å². The van der Waals surface area contributed by atoms with E-state index in [-0.39, 0.29) is 6.04 Å². The van der Waals surface area contributed by atoms with E-state index in [9.17, 15) is 0 Å². The highest BCUT2D eigenvalue weighted by atomic mass is 16.5. The molecule has 0 aromatic heterocycles. The molecule has 2 heteroatoms. The van der Waals surface area contributed by atoms with Gasteiger partial charge in [-0.05, 0) is 12.0 Å². The normalized spacial score (nSPS) is 12.4. The predicted octanol–water partition coefficient (Wildman–Crippen LogP) is 2.11. The summed E-state index contributed by atoms with van der Waals surface area (Å²) < 4.78 is 5.46. The standard InChI is InChI=1S/C12H17NO/c1-2-6-12(13)10-14-9-11-7-4-3-5-8-11/h2-5,7-8,12H,1,6,9-10,13H2/t12-/m0/s1. The van der Waals surface area contributed by atoms with E-state index in [2.05, 4.69) is 6.58 Å². The highest BCUT2D eigenvalue weighted by molar-refractivity contribution is 5.13. The molecule has 0 bridgehead atoms. The Labute approximate surface area is 85.4 Å². The van der Waals surface area contributed by atoms with Crippen molar-refractivity contribution in [2.75, 3.05) is 6.61 Å². The first-order valence-electron chi connectivity index (χ1n) is 4.81. The summed E-state index contributed by atoms with van der Waals surface area (Å²) in [7, 11) is 0. The lowest BCUT2D eigenvalue weighted by Gasteiger charge is -2.09. The molecule has 0 radical (unpaired) electrons. The smallest absolute Gasteiger partial charge is 0.0717 e. The van der Waals surface area contributed by atoms with Crippen molar-refractivity contribution in [3.05, 3.63) is 48.6 Å². The van der Waals surface area contributed by atoms with Crippen LogP contribution in [0.15, 0.2) is 43.0 Å². The second kappa shape index (κ2) is 6.35. The van der Waals surface area contributed by atoms with Crippen LogP contribution in [0.25, 0.3) is 0 Å². The second-order valence-corrected chi connectivity index (χ2v) is 3.29. The van der Waals surface area contributed by atoms with Crippen molar-refractivity contribution in [3.63, 3.8) is 0 Å². The molecule has 0 aliphatic heterocycles. The van der Waals surface area contributed by atoms with Crippen LogP contribution in [0.2, 0.25) is 0 Å². The third-order valence-electron chi connectivity index (χ3n) is 1.91. The zero-order valence-electron chi connectivity index (χ0n) is 8.36. The molecule has 0 saturated heterocycles. The van der Waals surface area contributed by atoms with Crippen molar-refractivity contribution in [1.82, 2.24) is 0 Å². The van der Waals surface area contributed by atoms with Crippen molar-refractivity contribution >= 4 is 0 Å². The van der Waals surface area contributed by atoms with E-state index >= 15 is 0 Å². The number of benzene rings is 1. The molecule has 1 aromatic carbocycles. The summed E-state index contributed by atoms with van der Waals surface area (Å²) in [6.45, 7) is 4.85. The van der Waals surface area contributed by atoms with Gasteiger partial charge in [0.25, 0.3) is 0 Å². The molecule has 0 saturated carbocycles. The van der Waals surface area contributed by atoms with Crippen LogP contribution in [-0.4, -0.2) is 12.6 Å². The summed E-state index contributed by atoms with van der Waals surface area (Å²) in [5, 5.41) is 0. The number of ether oxygens (including phenoxy) is 1. The molecule has 0 unspecified atom stereocenters. The lowest BCUT2D eigenvalue weighted by Crippen LogP contribution is -2.25. The SMILES string of the molecule is C=CC[C@H](N)COCc1ccccc1. The summed E-state index contributed by atoms with van der Waals surface area (Å²) >= 11 is 0. The molecule has 0 heterocycles. The average molecular weight is 191 g/mol. The van der Waals surface area contributed by atoms with Gasteiger partial charge in [-0.2, -0.15) is 0 Å². The molecule has 76 valence electrons. The van der Waals surface area contributed by atoms with Crippen molar-refractivity contribution in [2.45, 2.75) is 19.1 Å². The highest BCUT2D eigenvalue weighted by Gasteiger charge is 1.99. The number of hydrogen-bond acceptors (Lipinski definition) is 2. The Morgan fingerprint density at radius 1 is 1.36 bits per heavy atom. The summed E-state index contributed by atoms with van der Waals surface area (Å²) in [6.07, 6.45) is 2.62. The maximum Gasteiger partial charge on any atom is 0.0717 e. The molecule has 0 spiro atoms. The van der Waals surface area contributed by atoms with Gasteiger partial charge in [-0.25, -0.2) is 0 Å². The lowest BCUT2D eigenvalue weighted by atomic mass is 10.2. The fourth-order valence-electron chi connectivity index (χ4n) is 1.18. The molecule has 14 heavy (non-hydrogen) atoms. The van der Waals surface area contributed by atoms with Crippen molar-refractivity contribution < 1.29 is 4.74 Å². The zero-order valence-corrected chi connectivity index (χ0v) is 8.36.